The maximum atomic E-state index is 12.5. The Hall–Kier alpha value is -1.95. The average Bonchev–Trinajstić information content (AvgIpc) is 2.78. The fourth-order valence-electron chi connectivity index (χ4n) is 4.26. The smallest absolute Gasteiger partial charge is 0.321 e. The van der Waals surface area contributed by atoms with Crippen molar-refractivity contribution in [1.29, 1.82) is 0 Å². The first-order chi connectivity index (χ1) is 14.6. The quantitative estimate of drug-likeness (QED) is 0.669. The second-order valence-corrected chi connectivity index (χ2v) is 8.76. The van der Waals surface area contributed by atoms with Gasteiger partial charge in [0.15, 0.2) is 0 Å². The number of rotatable bonds is 4. The molecular weight excluding hydrogens is 421 g/mol. The largest absolute Gasteiger partial charge is 0.490 e. The summed E-state index contributed by atoms with van der Waals surface area (Å²) in [6, 6.07) is 15.6. The summed E-state index contributed by atoms with van der Waals surface area (Å²) in [4.78, 5) is 17.0. The number of nitrogens with one attached hydrogen (secondary N) is 1. The molecule has 4 rings (SSSR count). The van der Waals surface area contributed by atoms with Crippen molar-refractivity contribution in [2.24, 2.45) is 0 Å². The Morgan fingerprint density at radius 3 is 2.27 bits per heavy atom. The number of urea groups is 1. The molecule has 2 aliphatic rings. The van der Waals surface area contributed by atoms with Crippen LogP contribution in [-0.2, 0) is 0 Å². The van der Waals surface area contributed by atoms with Crippen LogP contribution < -0.4 is 10.1 Å². The Kier molecular flexibility index (Phi) is 7.03. The summed E-state index contributed by atoms with van der Waals surface area (Å²) in [6.45, 7) is 3.63. The molecular formula is C23H27Cl2N3O2. The zero-order valence-electron chi connectivity index (χ0n) is 16.9. The number of ether oxygens (including phenoxy) is 1. The van der Waals surface area contributed by atoms with Crippen LogP contribution >= 0.6 is 23.2 Å². The first-order valence-electron chi connectivity index (χ1n) is 10.6. The number of halogens is 2. The van der Waals surface area contributed by atoms with Crippen LogP contribution in [-0.4, -0.2) is 54.2 Å². The molecule has 2 aromatic rings. The summed E-state index contributed by atoms with van der Waals surface area (Å²) < 4.78 is 6.10. The van der Waals surface area contributed by atoms with Crippen molar-refractivity contribution in [3.05, 3.63) is 58.6 Å². The highest BCUT2D eigenvalue weighted by molar-refractivity contribution is 6.42. The number of likely N-dealkylation sites (tertiary alicyclic amines) is 2. The van der Waals surface area contributed by atoms with E-state index in [1.807, 2.05) is 41.3 Å². The second kappa shape index (κ2) is 9.90. The number of amides is 2. The molecule has 0 unspecified atom stereocenters. The number of anilines is 1. The molecule has 0 spiro atoms. The molecule has 0 atom stereocenters. The SMILES string of the molecule is O=C(Nc1ccccc1)N1CCC(N2CCC(Oc3ccc(Cl)c(Cl)c3)CC2)CC1. The van der Waals surface area contributed by atoms with Gasteiger partial charge in [-0.15, -0.1) is 0 Å². The number of benzene rings is 2. The second-order valence-electron chi connectivity index (χ2n) is 7.94. The molecule has 0 saturated carbocycles. The van der Waals surface area contributed by atoms with Crippen LogP contribution in [0.2, 0.25) is 10.0 Å². The first-order valence-corrected chi connectivity index (χ1v) is 11.3. The van der Waals surface area contributed by atoms with Gasteiger partial charge in [-0.05, 0) is 49.9 Å². The normalized spacial score (nSPS) is 18.9. The van der Waals surface area contributed by atoms with Crippen molar-refractivity contribution in [2.75, 3.05) is 31.5 Å². The summed E-state index contributed by atoms with van der Waals surface area (Å²) in [6.07, 6.45) is 4.22. The number of piperidine rings is 2. The third kappa shape index (κ3) is 5.39. The number of hydrogen-bond acceptors (Lipinski definition) is 3. The average molecular weight is 448 g/mol. The predicted octanol–water partition coefficient (Wildman–Crippen LogP) is 5.53. The molecule has 0 aromatic heterocycles. The van der Waals surface area contributed by atoms with E-state index in [2.05, 4.69) is 10.2 Å². The van der Waals surface area contributed by atoms with Gasteiger partial charge in [0.1, 0.15) is 11.9 Å². The lowest BCUT2D eigenvalue weighted by atomic mass is 9.99. The minimum atomic E-state index is -0.00613. The van der Waals surface area contributed by atoms with E-state index in [1.54, 1.807) is 12.1 Å². The number of hydrogen-bond donors (Lipinski definition) is 1. The van der Waals surface area contributed by atoms with Crippen LogP contribution in [0.4, 0.5) is 10.5 Å². The minimum absolute atomic E-state index is 0.00613. The molecule has 2 aliphatic heterocycles. The van der Waals surface area contributed by atoms with Crippen LogP contribution in [0.25, 0.3) is 0 Å². The minimum Gasteiger partial charge on any atom is -0.490 e. The Balaban J connectivity index is 1.20. The van der Waals surface area contributed by atoms with Gasteiger partial charge in [-0.1, -0.05) is 41.4 Å². The summed E-state index contributed by atoms with van der Waals surface area (Å²) in [5.41, 5.74) is 0.841. The van der Waals surface area contributed by atoms with Crippen LogP contribution in [0.5, 0.6) is 5.75 Å². The summed E-state index contributed by atoms with van der Waals surface area (Å²) in [7, 11) is 0. The Labute approximate surface area is 187 Å². The van der Waals surface area contributed by atoms with E-state index < -0.39 is 0 Å². The highest BCUT2D eigenvalue weighted by atomic mass is 35.5. The van der Waals surface area contributed by atoms with Crippen molar-refractivity contribution >= 4 is 34.9 Å². The topological polar surface area (TPSA) is 44.8 Å². The molecule has 2 amide bonds. The highest BCUT2D eigenvalue weighted by Crippen LogP contribution is 2.29. The molecule has 0 bridgehead atoms. The van der Waals surface area contributed by atoms with Gasteiger partial charge < -0.3 is 15.0 Å². The van der Waals surface area contributed by atoms with Gasteiger partial charge in [0.05, 0.1) is 10.0 Å². The van der Waals surface area contributed by atoms with E-state index in [0.29, 0.717) is 16.1 Å². The maximum Gasteiger partial charge on any atom is 0.321 e. The van der Waals surface area contributed by atoms with Crippen molar-refractivity contribution in [2.45, 2.75) is 37.8 Å². The molecule has 0 aliphatic carbocycles. The van der Waals surface area contributed by atoms with Crippen molar-refractivity contribution in [3.63, 3.8) is 0 Å². The standard InChI is InChI=1S/C23H27Cl2N3O2/c24-21-7-6-20(16-22(21)25)30-19-10-14-27(15-11-19)18-8-12-28(13-9-18)23(29)26-17-4-2-1-3-5-17/h1-7,16,18-19H,8-15H2,(H,26,29). The Morgan fingerprint density at radius 2 is 1.60 bits per heavy atom. The molecule has 2 saturated heterocycles. The zero-order valence-corrected chi connectivity index (χ0v) is 18.4. The fourth-order valence-corrected chi connectivity index (χ4v) is 4.55. The number of carbonyl (C=O) groups excluding carboxylic acids is 1. The van der Waals surface area contributed by atoms with Gasteiger partial charge in [0.2, 0.25) is 0 Å². The highest BCUT2D eigenvalue weighted by Gasteiger charge is 2.30. The van der Waals surface area contributed by atoms with Crippen molar-refractivity contribution < 1.29 is 9.53 Å². The summed E-state index contributed by atoms with van der Waals surface area (Å²) >= 11 is 12.1. The molecule has 2 fully saturated rings. The molecule has 0 radical (unpaired) electrons. The van der Waals surface area contributed by atoms with Crippen LogP contribution in [0.3, 0.4) is 0 Å². The molecule has 1 N–H and O–H groups in total. The van der Waals surface area contributed by atoms with E-state index >= 15 is 0 Å². The zero-order chi connectivity index (χ0) is 20.9. The lowest BCUT2D eigenvalue weighted by molar-refractivity contribution is 0.0545. The van der Waals surface area contributed by atoms with Gasteiger partial charge in [-0.3, -0.25) is 4.90 Å². The molecule has 2 heterocycles. The van der Waals surface area contributed by atoms with Gasteiger partial charge in [0, 0.05) is 44.0 Å². The molecule has 7 heteroatoms. The Morgan fingerprint density at radius 1 is 0.900 bits per heavy atom. The molecule has 30 heavy (non-hydrogen) atoms. The number of carbonyl (C=O) groups is 1. The van der Waals surface area contributed by atoms with Crippen LogP contribution in [0.1, 0.15) is 25.7 Å². The number of para-hydroxylation sites is 1. The summed E-state index contributed by atoms with van der Waals surface area (Å²) in [5, 5.41) is 4.05. The van der Waals surface area contributed by atoms with Gasteiger partial charge in [-0.2, -0.15) is 0 Å². The monoisotopic (exact) mass is 447 g/mol. The molecule has 160 valence electrons. The van der Waals surface area contributed by atoms with Crippen molar-refractivity contribution in [1.82, 2.24) is 9.80 Å². The van der Waals surface area contributed by atoms with Gasteiger partial charge >= 0.3 is 6.03 Å². The maximum absolute atomic E-state index is 12.5. The van der Waals surface area contributed by atoms with Crippen molar-refractivity contribution in [3.8, 4) is 5.75 Å². The van der Waals surface area contributed by atoms with Crippen LogP contribution in [0.15, 0.2) is 48.5 Å². The predicted molar refractivity (Wildman–Crippen MR) is 122 cm³/mol. The molecule has 5 nitrogen and oxygen atoms in total. The fraction of sp³-hybridized carbons (Fsp3) is 0.435. The molecule has 2 aromatic carbocycles. The van der Waals surface area contributed by atoms with E-state index in [4.69, 9.17) is 27.9 Å². The van der Waals surface area contributed by atoms with Gasteiger partial charge in [0.25, 0.3) is 0 Å². The van der Waals surface area contributed by atoms with Gasteiger partial charge in [-0.25, -0.2) is 4.79 Å². The number of nitrogens with zero attached hydrogens (tertiary/aromatic N) is 2. The lowest BCUT2D eigenvalue weighted by Crippen LogP contribution is -2.50. The van der Waals surface area contributed by atoms with E-state index in [1.165, 1.54) is 0 Å². The third-order valence-electron chi connectivity index (χ3n) is 5.96. The van der Waals surface area contributed by atoms with Crippen LogP contribution in [0, 0.1) is 0 Å². The lowest BCUT2D eigenvalue weighted by Gasteiger charge is -2.41. The third-order valence-corrected chi connectivity index (χ3v) is 6.70. The summed E-state index contributed by atoms with van der Waals surface area (Å²) in [5.74, 6) is 0.778. The first kappa shape index (κ1) is 21.3. The van der Waals surface area contributed by atoms with E-state index in [0.717, 1.165) is 63.3 Å². The Bertz CT molecular complexity index is 849. The van der Waals surface area contributed by atoms with E-state index in [-0.39, 0.29) is 12.1 Å². The van der Waals surface area contributed by atoms with E-state index in [9.17, 15) is 4.79 Å².